The third kappa shape index (κ3) is 4.94. The van der Waals surface area contributed by atoms with Gasteiger partial charge in [0, 0.05) is 25.6 Å². The first-order chi connectivity index (χ1) is 7.74. The maximum absolute atomic E-state index is 11.7. The van der Waals surface area contributed by atoms with Gasteiger partial charge in [-0.05, 0) is 32.5 Å². The highest BCUT2D eigenvalue weighted by Crippen LogP contribution is 2.05. The van der Waals surface area contributed by atoms with Gasteiger partial charge in [0.25, 0.3) is 0 Å². The summed E-state index contributed by atoms with van der Waals surface area (Å²) in [5, 5.41) is 6.19. The van der Waals surface area contributed by atoms with Crippen LogP contribution in [0.5, 0.6) is 0 Å². The number of nitrogens with zero attached hydrogens (tertiary/aromatic N) is 1. The van der Waals surface area contributed by atoms with Crippen molar-refractivity contribution in [2.24, 2.45) is 5.92 Å². The van der Waals surface area contributed by atoms with Gasteiger partial charge in [0.2, 0.25) is 5.91 Å². The smallest absolute Gasteiger partial charge is 0.224 e. The van der Waals surface area contributed by atoms with Crippen LogP contribution in [0.15, 0.2) is 0 Å². The molecule has 0 bridgehead atoms. The average molecular weight is 227 g/mol. The van der Waals surface area contributed by atoms with E-state index < -0.39 is 0 Å². The SMILES string of the molecule is CCNCC(C)C(=O)NCCN1CCCC1. The van der Waals surface area contributed by atoms with Crippen LogP contribution in [0.4, 0.5) is 0 Å². The van der Waals surface area contributed by atoms with E-state index in [9.17, 15) is 4.79 Å². The lowest BCUT2D eigenvalue weighted by Gasteiger charge is -2.16. The second-order valence-electron chi connectivity index (χ2n) is 4.55. The fourth-order valence-corrected chi connectivity index (χ4v) is 1.97. The summed E-state index contributed by atoms with van der Waals surface area (Å²) in [5.74, 6) is 0.235. The highest BCUT2D eigenvalue weighted by atomic mass is 16.1. The van der Waals surface area contributed by atoms with E-state index in [1.54, 1.807) is 0 Å². The van der Waals surface area contributed by atoms with Crippen LogP contribution in [-0.4, -0.2) is 50.1 Å². The minimum absolute atomic E-state index is 0.0681. The molecule has 1 amide bonds. The Bertz CT molecular complexity index is 202. The maximum Gasteiger partial charge on any atom is 0.224 e. The standard InChI is InChI=1S/C12H25N3O/c1-3-13-10-11(2)12(16)14-6-9-15-7-4-5-8-15/h11,13H,3-10H2,1-2H3,(H,14,16). The van der Waals surface area contributed by atoms with Gasteiger partial charge < -0.3 is 15.5 Å². The number of likely N-dealkylation sites (tertiary alicyclic amines) is 1. The topological polar surface area (TPSA) is 44.4 Å². The van der Waals surface area contributed by atoms with Crippen LogP contribution < -0.4 is 10.6 Å². The van der Waals surface area contributed by atoms with Gasteiger partial charge in [0.05, 0.1) is 0 Å². The average Bonchev–Trinajstić information content (AvgIpc) is 2.78. The van der Waals surface area contributed by atoms with Gasteiger partial charge in [-0.2, -0.15) is 0 Å². The van der Waals surface area contributed by atoms with Gasteiger partial charge in [-0.3, -0.25) is 4.79 Å². The van der Waals surface area contributed by atoms with E-state index in [0.29, 0.717) is 0 Å². The van der Waals surface area contributed by atoms with Gasteiger partial charge in [-0.25, -0.2) is 0 Å². The molecular weight excluding hydrogens is 202 g/mol. The van der Waals surface area contributed by atoms with E-state index in [4.69, 9.17) is 0 Å². The molecule has 1 fully saturated rings. The number of carbonyl (C=O) groups is 1. The minimum atomic E-state index is 0.0681. The van der Waals surface area contributed by atoms with Gasteiger partial charge in [0.1, 0.15) is 0 Å². The minimum Gasteiger partial charge on any atom is -0.355 e. The summed E-state index contributed by atoms with van der Waals surface area (Å²) >= 11 is 0. The van der Waals surface area contributed by atoms with E-state index in [2.05, 4.69) is 22.5 Å². The number of nitrogens with one attached hydrogen (secondary N) is 2. The molecule has 1 aliphatic rings. The molecule has 1 rings (SSSR count). The molecule has 1 saturated heterocycles. The summed E-state index contributed by atoms with van der Waals surface area (Å²) in [5.41, 5.74) is 0. The molecule has 1 atom stereocenters. The third-order valence-corrected chi connectivity index (χ3v) is 3.07. The maximum atomic E-state index is 11.7. The fourth-order valence-electron chi connectivity index (χ4n) is 1.97. The Kier molecular flexibility index (Phi) is 6.42. The fraction of sp³-hybridized carbons (Fsp3) is 0.917. The van der Waals surface area contributed by atoms with Crippen LogP contribution in [0.3, 0.4) is 0 Å². The van der Waals surface area contributed by atoms with Crippen molar-refractivity contribution in [1.82, 2.24) is 15.5 Å². The summed E-state index contributed by atoms with van der Waals surface area (Å²) in [4.78, 5) is 14.1. The summed E-state index contributed by atoms with van der Waals surface area (Å²) in [6.45, 7) is 9.89. The largest absolute Gasteiger partial charge is 0.355 e. The Morgan fingerprint density at radius 3 is 2.69 bits per heavy atom. The normalized spacial score (nSPS) is 18.6. The lowest BCUT2D eigenvalue weighted by Crippen LogP contribution is -2.39. The molecule has 0 aromatic carbocycles. The zero-order chi connectivity index (χ0) is 11.8. The second kappa shape index (κ2) is 7.63. The van der Waals surface area contributed by atoms with Crippen LogP contribution in [0, 0.1) is 5.92 Å². The monoisotopic (exact) mass is 227 g/mol. The quantitative estimate of drug-likeness (QED) is 0.663. The molecule has 1 heterocycles. The van der Waals surface area contributed by atoms with E-state index in [-0.39, 0.29) is 11.8 Å². The van der Waals surface area contributed by atoms with Gasteiger partial charge in [-0.1, -0.05) is 13.8 Å². The van der Waals surface area contributed by atoms with Crippen molar-refractivity contribution in [2.75, 3.05) is 39.3 Å². The summed E-state index contributed by atoms with van der Waals surface area (Å²) < 4.78 is 0. The highest BCUT2D eigenvalue weighted by molar-refractivity contribution is 5.78. The summed E-state index contributed by atoms with van der Waals surface area (Å²) in [6.07, 6.45) is 2.62. The molecule has 1 unspecified atom stereocenters. The number of hydrogen-bond donors (Lipinski definition) is 2. The Labute approximate surface area is 98.8 Å². The second-order valence-corrected chi connectivity index (χ2v) is 4.55. The first-order valence-electron chi connectivity index (χ1n) is 6.44. The first-order valence-corrected chi connectivity index (χ1v) is 6.44. The Balaban J connectivity index is 2.04. The zero-order valence-corrected chi connectivity index (χ0v) is 10.6. The van der Waals surface area contributed by atoms with Crippen molar-refractivity contribution >= 4 is 5.91 Å². The lowest BCUT2D eigenvalue weighted by atomic mass is 10.1. The van der Waals surface area contributed by atoms with E-state index >= 15 is 0 Å². The Morgan fingerprint density at radius 2 is 2.06 bits per heavy atom. The number of rotatable bonds is 7. The van der Waals surface area contributed by atoms with Crippen molar-refractivity contribution in [3.63, 3.8) is 0 Å². The van der Waals surface area contributed by atoms with Gasteiger partial charge in [0.15, 0.2) is 0 Å². The Morgan fingerprint density at radius 1 is 1.38 bits per heavy atom. The molecule has 4 nitrogen and oxygen atoms in total. The molecule has 4 heteroatoms. The van der Waals surface area contributed by atoms with Crippen molar-refractivity contribution in [3.8, 4) is 0 Å². The number of amides is 1. The van der Waals surface area contributed by atoms with E-state index in [1.807, 2.05) is 6.92 Å². The van der Waals surface area contributed by atoms with Crippen molar-refractivity contribution < 1.29 is 4.79 Å². The van der Waals surface area contributed by atoms with Crippen LogP contribution in [0.25, 0.3) is 0 Å². The zero-order valence-electron chi connectivity index (χ0n) is 10.6. The molecule has 16 heavy (non-hydrogen) atoms. The van der Waals surface area contributed by atoms with Crippen LogP contribution >= 0.6 is 0 Å². The van der Waals surface area contributed by atoms with Crippen molar-refractivity contribution in [1.29, 1.82) is 0 Å². The predicted molar refractivity (Wildman–Crippen MR) is 66.4 cm³/mol. The molecule has 1 aliphatic heterocycles. The van der Waals surface area contributed by atoms with Crippen LogP contribution in [0.2, 0.25) is 0 Å². The molecule has 0 spiro atoms. The molecule has 0 aromatic rings. The number of carbonyl (C=O) groups excluding carboxylic acids is 1. The van der Waals surface area contributed by atoms with Crippen LogP contribution in [-0.2, 0) is 4.79 Å². The van der Waals surface area contributed by atoms with E-state index in [0.717, 1.165) is 26.2 Å². The molecular formula is C12H25N3O. The molecule has 0 aromatic heterocycles. The molecule has 0 radical (unpaired) electrons. The van der Waals surface area contributed by atoms with Crippen LogP contribution in [0.1, 0.15) is 26.7 Å². The molecule has 2 N–H and O–H groups in total. The van der Waals surface area contributed by atoms with Gasteiger partial charge >= 0.3 is 0 Å². The van der Waals surface area contributed by atoms with Crippen molar-refractivity contribution in [2.45, 2.75) is 26.7 Å². The third-order valence-electron chi connectivity index (χ3n) is 3.07. The highest BCUT2D eigenvalue weighted by Gasteiger charge is 2.13. The van der Waals surface area contributed by atoms with Gasteiger partial charge in [-0.15, -0.1) is 0 Å². The Hall–Kier alpha value is -0.610. The summed E-state index contributed by atoms with van der Waals surface area (Å²) in [6, 6.07) is 0. The van der Waals surface area contributed by atoms with E-state index in [1.165, 1.54) is 25.9 Å². The molecule has 0 saturated carbocycles. The first kappa shape index (κ1) is 13.5. The molecule has 94 valence electrons. The van der Waals surface area contributed by atoms with Crippen molar-refractivity contribution in [3.05, 3.63) is 0 Å². The predicted octanol–water partition coefficient (Wildman–Crippen LogP) is 0.444. The lowest BCUT2D eigenvalue weighted by molar-refractivity contribution is -0.124. The number of hydrogen-bond acceptors (Lipinski definition) is 3. The summed E-state index contributed by atoms with van der Waals surface area (Å²) in [7, 11) is 0. The molecule has 0 aliphatic carbocycles.